The summed E-state index contributed by atoms with van der Waals surface area (Å²) in [4.78, 5) is 20.4. The molecule has 3 rings (SSSR count). The number of fused-ring (bicyclic) bond motifs is 1. The first-order valence-corrected chi connectivity index (χ1v) is 8.30. The number of carboxylic acid groups (broad SMARTS) is 1. The first kappa shape index (κ1) is 14.5. The smallest absolute Gasteiger partial charge is 0.338 e. The van der Waals surface area contributed by atoms with Gasteiger partial charge >= 0.3 is 5.97 Å². The van der Waals surface area contributed by atoms with Gasteiger partial charge in [-0.2, -0.15) is 0 Å². The highest BCUT2D eigenvalue weighted by molar-refractivity contribution is 9.10. The molecule has 0 aromatic carbocycles. The molecule has 0 aliphatic heterocycles. The third kappa shape index (κ3) is 3.11. The van der Waals surface area contributed by atoms with E-state index in [1.54, 1.807) is 12.3 Å². The van der Waals surface area contributed by atoms with Gasteiger partial charge in [0.15, 0.2) is 0 Å². The Balaban J connectivity index is 2.04. The number of aromatic nitrogens is 2. The minimum absolute atomic E-state index is 0.262. The Labute approximate surface area is 135 Å². The van der Waals surface area contributed by atoms with Gasteiger partial charge in [0, 0.05) is 11.9 Å². The zero-order valence-corrected chi connectivity index (χ0v) is 13.6. The zero-order valence-electron chi connectivity index (χ0n) is 11.2. The SMILES string of the molecule is O=C(O)c1cc2c(nc1Sc1ncccc1Br)CCCC2. The van der Waals surface area contributed by atoms with Crippen LogP contribution in [-0.2, 0) is 12.8 Å². The van der Waals surface area contributed by atoms with Crippen molar-refractivity contribution in [3.05, 3.63) is 45.7 Å². The van der Waals surface area contributed by atoms with Crippen molar-refractivity contribution in [2.24, 2.45) is 0 Å². The normalized spacial score (nSPS) is 13.8. The summed E-state index contributed by atoms with van der Waals surface area (Å²) >= 11 is 4.72. The summed E-state index contributed by atoms with van der Waals surface area (Å²) in [6, 6.07) is 5.49. The molecule has 2 heterocycles. The maximum atomic E-state index is 11.5. The highest BCUT2D eigenvalue weighted by atomic mass is 79.9. The molecule has 0 bridgehead atoms. The molecule has 2 aromatic rings. The number of aryl methyl sites for hydroxylation is 2. The molecule has 1 N–H and O–H groups in total. The van der Waals surface area contributed by atoms with Crippen molar-refractivity contribution in [3.8, 4) is 0 Å². The lowest BCUT2D eigenvalue weighted by atomic mass is 9.95. The van der Waals surface area contributed by atoms with Gasteiger partial charge < -0.3 is 5.11 Å². The van der Waals surface area contributed by atoms with Gasteiger partial charge in [-0.1, -0.05) is 0 Å². The molecule has 0 fully saturated rings. The number of rotatable bonds is 3. The van der Waals surface area contributed by atoms with E-state index in [0.29, 0.717) is 5.03 Å². The Morgan fingerprint density at radius 3 is 2.86 bits per heavy atom. The van der Waals surface area contributed by atoms with E-state index in [0.717, 1.165) is 46.4 Å². The minimum atomic E-state index is -0.939. The van der Waals surface area contributed by atoms with E-state index in [-0.39, 0.29) is 5.56 Å². The summed E-state index contributed by atoms with van der Waals surface area (Å²) in [6.07, 6.45) is 5.74. The van der Waals surface area contributed by atoms with Crippen LogP contribution >= 0.6 is 27.7 Å². The lowest BCUT2D eigenvalue weighted by molar-refractivity contribution is 0.0692. The Hall–Kier alpha value is -1.40. The van der Waals surface area contributed by atoms with Crippen LogP contribution in [0.25, 0.3) is 0 Å². The number of hydrogen-bond donors (Lipinski definition) is 1. The van der Waals surface area contributed by atoms with Crippen LogP contribution in [0.3, 0.4) is 0 Å². The topological polar surface area (TPSA) is 63.1 Å². The quantitative estimate of drug-likeness (QED) is 0.892. The van der Waals surface area contributed by atoms with Crippen LogP contribution in [0.5, 0.6) is 0 Å². The molecule has 0 radical (unpaired) electrons. The Kier molecular flexibility index (Phi) is 4.26. The van der Waals surface area contributed by atoms with Crippen LogP contribution in [0.1, 0.15) is 34.5 Å². The highest BCUT2D eigenvalue weighted by Gasteiger charge is 2.20. The number of halogens is 1. The van der Waals surface area contributed by atoms with Crippen LogP contribution < -0.4 is 0 Å². The van der Waals surface area contributed by atoms with Crippen LogP contribution in [-0.4, -0.2) is 21.0 Å². The van der Waals surface area contributed by atoms with Gasteiger partial charge in [-0.15, -0.1) is 0 Å². The Morgan fingerprint density at radius 2 is 2.10 bits per heavy atom. The molecule has 0 atom stereocenters. The summed E-state index contributed by atoms with van der Waals surface area (Å²) in [5, 5.41) is 10.7. The van der Waals surface area contributed by atoms with E-state index in [1.165, 1.54) is 11.8 Å². The number of nitrogens with zero attached hydrogens (tertiary/aromatic N) is 2. The van der Waals surface area contributed by atoms with Crippen LogP contribution in [0.2, 0.25) is 0 Å². The average molecular weight is 365 g/mol. The average Bonchev–Trinajstić information content (AvgIpc) is 2.48. The molecule has 2 aromatic heterocycles. The van der Waals surface area contributed by atoms with Crippen molar-refractivity contribution in [1.82, 2.24) is 9.97 Å². The lowest BCUT2D eigenvalue weighted by Gasteiger charge is -2.17. The van der Waals surface area contributed by atoms with Crippen molar-refractivity contribution in [3.63, 3.8) is 0 Å². The van der Waals surface area contributed by atoms with Crippen molar-refractivity contribution >= 4 is 33.7 Å². The molecule has 0 spiro atoms. The monoisotopic (exact) mass is 364 g/mol. The standard InChI is InChI=1S/C15H13BrN2O2S/c16-11-5-3-7-17-14(11)21-13-10(15(19)20)8-9-4-1-2-6-12(9)18-13/h3,5,7-8H,1-2,4,6H2,(H,19,20). The van der Waals surface area contributed by atoms with Crippen LogP contribution in [0.4, 0.5) is 0 Å². The number of pyridine rings is 2. The maximum Gasteiger partial charge on any atom is 0.338 e. The van der Waals surface area contributed by atoms with Gasteiger partial charge in [0.1, 0.15) is 10.1 Å². The number of carbonyl (C=O) groups is 1. The van der Waals surface area contributed by atoms with Gasteiger partial charge in [0.05, 0.1) is 10.0 Å². The van der Waals surface area contributed by atoms with Crippen molar-refractivity contribution in [2.75, 3.05) is 0 Å². The second kappa shape index (κ2) is 6.15. The van der Waals surface area contributed by atoms with Gasteiger partial charge in [-0.3, -0.25) is 0 Å². The van der Waals surface area contributed by atoms with Crippen molar-refractivity contribution < 1.29 is 9.90 Å². The fourth-order valence-electron chi connectivity index (χ4n) is 2.38. The number of hydrogen-bond acceptors (Lipinski definition) is 4. The minimum Gasteiger partial charge on any atom is -0.478 e. The number of aromatic carboxylic acids is 1. The van der Waals surface area contributed by atoms with Crippen LogP contribution in [0.15, 0.2) is 38.9 Å². The summed E-state index contributed by atoms with van der Waals surface area (Å²) < 4.78 is 0.839. The molecule has 6 heteroatoms. The Morgan fingerprint density at radius 1 is 1.29 bits per heavy atom. The summed E-state index contributed by atoms with van der Waals surface area (Å²) in [6.45, 7) is 0. The number of carboxylic acids is 1. The molecule has 0 saturated carbocycles. The first-order valence-electron chi connectivity index (χ1n) is 6.69. The molecule has 0 unspecified atom stereocenters. The van der Waals surface area contributed by atoms with Crippen molar-refractivity contribution in [2.45, 2.75) is 35.7 Å². The van der Waals surface area contributed by atoms with Gasteiger partial charge in [-0.05, 0) is 77.1 Å². The highest BCUT2D eigenvalue weighted by Crippen LogP contribution is 2.34. The largest absolute Gasteiger partial charge is 0.478 e. The first-order chi connectivity index (χ1) is 10.1. The van der Waals surface area contributed by atoms with E-state index >= 15 is 0 Å². The fraction of sp³-hybridized carbons (Fsp3) is 0.267. The summed E-state index contributed by atoms with van der Waals surface area (Å²) in [7, 11) is 0. The second-order valence-corrected chi connectivity index (χ2v) is 6.68. The van der Waals surface area contributed by atoms with E-state index < -0.39 is 5.97 Å². The van der Waals surface area contributed by atoms with E-state index in [2.05, 4.69) is 25.9 Å². The van der Waals surface area contributed by atoms with Gasteiger partial charge in [0.25, 0.3) is 0 Å². The van der Waals surface area contributed by atoms with E-state index in [1.807, 2.05) is 12.1 Å². The molecule has 4 nitrogen and oxygen atoms in total. The van der Waals surface area contributed by atoms with E-state index in [9.17, 15) is 9.90 Å². The molecular formula is C15H13BrN2O2S. The predicted molar refractivity (Wildman–Crippen MR) is 83.9 cm³/mol. The second-order valence-electron chi connectivity index (χ2n) is 4.85. The lowest BCUT2D eigenvalue weighted by Crippen LogP contribution is -2.10. The third-order valence-electron chi connectivity index (χ3n) is 3.41. The molecule has 1 aliphatic rings. The molecule has 108 valence electrons. The summed E-state index contributed by atoms with van der Waals surface area (Å²) in [5.41, 5.74) is 2.36. The zero-order chi connectivity index (χ0) is 14.8. The third-order valence-corrected chi connectivity index (χ3v) is 5.34. The van der Waals surface area contributed by atoms with Crippen molar-refractivity contribution in [1.29, 1.82) is 0 Å². The van der Waals surface area contributed by atoms with Gasteiger partial charge in [0.2, 0.25) is 0 Å². The molecule has 0 saturated heterocycles. The molecule has 0 amide bonds. The molecular weight excluding hydrogens is 352 g/mol. The van der Waals surface area contributed by atoms with E-state index in [4.69, 9.17) is 0 Å². The molecule has 1 aliphatic carbocycles. The predicted octanol–water partition coefficient (Wildman–Crippen LogP) is 3.97. The molecule has 21 heavy (non-hydrogen) atoms. The van der Waals surface area contributed by atoms with Crippen LogP contribution in [0, 0.1) is 0 Å². The summed E-state index contributed by atoms with van der Waals surface area (Å²) in [5.74, 6) is -0.939. The Bertz CT molecular complexity index is 706. The fourth-order valence-corrected chi connectivity index (χ4v) is 3.76. The van der Waals surface area contributed by atoms with Gasteiger partial charge in [-0.25, -0.2) is 14.8 Å². The maximum absolute atomic E-state index is 11.5.